The summed E-state index contributed by atoms with van der Waals surface area (Å²) in [6.45, 7) is 3.73. The average Bonchev–Trinajstić information content (AvgIpc) is 2.77. The first kappa shape index (κ1) is 9.36. The smallest absolute Gasteiger partial charge is 0.171 e. The van der Waals surface area contributed by atoms with Gasteiger partial charge >= 0.3 is 0 Å². The maximum Gasteiger partial charge on any atom is 0.171 e. The maximum absolute atomic E-state index is 6.01. The summed E-state index contributed by atoms with van der Waals surface area (Å²) >= 11 is 6.01. The molecule has 2 atom stereocenters. The first-order valence-corrected chi connectivity index (χ1v) is 5.51. The van der Waals surface area contributed by atoms with Crippen LogP contribution in [0.5, 0.6) is 0 Å². The van der Waals surface area contributed by atoms with E-state index in [4.69, 9.17) is 16.3 Å². The molecule has 1 aromatic heterocycles. The van der Waals surface area contributed by atoms with Crippen molar-refractivity contribution in [3.05, 3.63) is 17.5 Å². The van der Waals surface area contributed by atoms with E-state index < -0.39 is 0 Å². The number of hydrogen-bond acceptors (Lipinski definition) is 4. The van der Waals surface area contributed by atoms with Crippen LogP contribution in [-0.4, -0.2) is 36.3 Å². The molecule has 4 nitrogen and oxygen atoms in total. The van der Waals surface area contributed by atoms with Gasteiger partial charge in [0.25, 0.3) is 0 Å². The van der Waals surface area contributed by atoms with E-state index in [-0.39, 0.29) is 0 Å². The number of rotatable bonds is 1. The van der Waals surface area contributed by atoms with Crippen molar-refractivity contribution >= 4 is 17.4 Å². The van der Waals surface area contributed by atoms with Crippen molar-refractivity contribution in [1.29, 1.82) is 0 Å². The van der Waals surface area contributed by atoms with E-state index in [0.717, 1.165) is 32.1 Å². The van der Waals surface area contributed by atoms with Crippen LogP contribution in [0.2, 0.25) is 5.15 Å². The standard InChI is InChI=1S/C10H12ClN3O/c11-9-10(13-2-1-12-9)14-3-7-5-15-6-8(7)4-14/h1-2,7-8H,3-6H2/t7-,8+. The van der Waals surface area contributed by atoms with Gasteiger partial charge in [-0.05, 0) is 0 Å². The third kappa shape index (κ3) is 1.58. The van der Waals surface area contributed by atoms with Crippen LogP contribution in [0.4, 0.5) is 5.82 Å². The Kier molecular flexibility index (Phi) is 2.25. The first-order valence-electron chi connectivity index (χ1n) is 5.14. The summed E-state index contributed by atoms with van der Waals surface area (Å²) in [5.41, 5.74) is 0. The Labute approximate surface area is 93.2 Å². The second kappa shape index (κ2) is 3.61. The summed E-state index contributed by atoms with van der Waals surface area (Å²) in [6.07, 6.45) is 3.30. The zero-order valence-electron chi connectivity index (χ0n) is 8.27. The molecule has 0 aliphatic carbocycles. The molecule has 15 heavy (non-hydrogen) atoms. The third-order valence-electron chi connectivity index (χ3n) is 3.18. The minimum absolute atomic E-state index is 0.499. The SMILES string of the molecule is Clc1nccnc1N1C[C@H]2COC[C@H]2C1. The number of halogens is 1. The van der Waals surface area contributed by atoms with E-state index in [1.807, 2.05) is 0 Å². The van der Waals surface area contributed by atoms with Gasteiger partial charge < -0.3 is 9.64 Å². The fourth-order valence-corrected chi connectivity index (χ4v) is 2.61. The molecule has 0 radical (unpaired) electrons. The number of hydrogen-bond donors (Lipinski definition) is 0. The summed E-state index contributed by atoms with van der Waals surface area (Å²) in [5.74, 6) is 2.10. The van der Waals surface area contributed by atoms with Gasteiger partial charge in [-0.2, -0.15) is 0 Å². The molecule has 2 saturated heterocycles. The van der Waals surface area contributed by atoms with E-state index in [0.29, 0.717) is 17.0 Å². The normalized spacial score (nSPS) is 29.5. The van der Waals surface area contributed by atoms with Crippen LogP contribution in [0.3, 0.4) is 0 Å². The Morgan fingerprint density at radius 2 is 1.87 bits per heavy atom. The van der Waals surface area contributed by atoms with Gasteiger partial charge in [-0.25, -0.2) is 9.97 Å². The minimum atomic E-state index is 0.499. The monoisotopic (exact) mass is 225 g/mol. The van der Waals surface area contributed by atoms with Gasteiger partial charge in [-0.3, -0.25) is 0 Å². The average molecular weight is 226 g/mol. The van der Waals surface area contributed by atoms with Gasteiger partial charge in [-0.15, -0.1) is 0 Å². The molecule has 2 aliphatic heterocycles. The lowest BCUT2D eigenvalue weighted by molar-refractivity contribution is 0.177. The molecule has 3 rings (SSSR count). The first-order chi connectivity index (χ1) is 7.34. The summed E-state index contributed by atoms with van der Waals surface area (Å²) in [7, 11) is 0. The number of fused-ring (bicyclic) bond motifs is 1. The van der Waals surface area contributed by atoms with E-state index in [1.54, 1.807) is 12.4 Å². The number of nitrogens with zero attached hydrogens (tertiary/aromatic N) is 3. The van der Waals surface area contributed by atoms with Crippen molar-refractivity contribution in [2.75, 3.05) is 31.2 Å². The predicted molar refractivity (Wildman–Crippen MR) is 57.1 cm³/mol. The summed E-state index contributed by atoms with van der Waals surface area (Å²) < 4.78 is 5.43. The Morgan fingerprint density at radius 1 is 1.20 bits per heavy atom. The lowest BCUT2D eigenvalue weighted by Crippen LogP contribution is -2.23. The maximum atomic E-state index is 6.01. The van der Waals surface area contributed by atoms with Crippen molar-refractivity contribution in [2.45, 2.75) is 0 Å². The van der Waals surface area contributed by atoms with Gasteiger partial charge in [-0.1, -0.05) is 11.6 Å². The largest absolute Gasteiger partial charge is 0.381 e. The van der Waals surface area contributed by atoms with Gasteiger partial charge in [0, 0.05) is 37.3 Å². The Hall–Kier alpha value is -0.870. The molecule has 0 spiro atoms. The third-order valence-corrected chi connectivity index (χ3v) is 3.44. The van der Waals surface area contributed by atoms with Crippen LogP contribution in [0, 0.1) is 11.8 Å². The lowest BCUT2D eigenvalue weighted by Gasteiger charge is -2.18. The van der Waals surface area contributed by atoms with E-state index in [2.05, 4.69) is 14.9 Å². The molecule has 2 fully saturated rings. The van der Waals surface area contributed by atoms with E-state index >= 15 is 0 Å². The molecule has 1 aromatic rings. The molecule has 2 aliphatic rings. The molecule has 0 N–H and O–H groups in total. The van der Waals surface area contributed by atoms with E-state index in [1.165, 1.54) is 0 Å². The van der Waals surface area contributed by atoms with Crippen LogP contribution >= 0.6 is 11.6 Å². The van der Waals surface area contributed by atoms with Crippen LogP contribution in [0.25, 0.3) is 0 Å². The Bertz CT molecular complexity index is 361. The molecule has 0 unspecified atom stereocenters. The fraction of sp³-hybridized carbons (Fsp3) is 0.600. The van der Waals surface area contributed by atoms with Crippen molar-refractivity contribution in [3.63, 3.8) is 0 Å². The summed E-state index contributed by atoms with van der Waals surface area (Å²) in [5, 5.41) is 0.499. The van der Waals surface area contributed by atoms with Gasteiger partial charge in [0.2, 0.25) is 0 Å². The van der Waals surface area contributed by atoms with Gasteiger partial charge in [0.05, 0.1) is 13.2 Å². The molecule has 0 saturated carbocycles. The van der Waals surface area contributed by atoms with Crippen LogP contribution < -0.4 is 4.90 Å². The summed E-state index contributed by atoms with van der Waals surface area (Å²) in [6, 6.07) is 0. The molecule has 0 aromatic carbocycles. The molecular formula is C10H12ClN3O. The van der Waals surface area contributed by atoms with Crippen molar-refractivity contribution in [1.82, 2.24) is 9.97 Å². The molecule has 0 bridgehead atoms. The molecule has 3 heterocycles. The Morgan fingerprint density at radius 3 is 2.53 bits per heavy atom. The van der Waals surface area contributed by atoms with Gasteiger partial charge in [0.15, 0.2) is 11.0 Å². The van der Waals surface area contributed by atoms with Crippen molar-refractivity contribution in [2.24, 2.45) is 11.8 Å². The molecule has 5 heteroatoms. The molecule has 0 amide bonds. The zero-order valence-corrected chi connectivity index (χ0v) is 9.02. The predicted octanol–water partition coefficient (Wildman–Crippen LogP) is 1.21. The number of anilines is 1. The van der Waals surface area contributed by atoms with Gasteiger partial charge in [0.1, 0.15) is 0 Å². The van der Waals surface area contributed by atoms with Crippen molar-refractivity contribution < 1.29 is 4.74 Å². The second-order valence-electron chi connectivity index (χ2n) is 4.13. The molecule has 80 valence electrons. The highest BCUT2D eigenvalue weighted by atomic mass is 35.5. The van der Waals surface area contributed by atoms with Crippen LogP contribution in [-0.2, 0) is 4.74 Å². The van der Waals surface area contributed by atoms with E-state index in [9.17, 15) is 0 Å². The molecular weight excluding hydrogens is 214 g/mol. The summed E-state index contributed by atoms with van der Waals surface area (Å²) in [4.78, 5) is 10.5. The lowest BCUT2D eigenvalue weighted by atomic mass is 10.0. The Balaban J connectivity index is 1.82. The highest BCUT2D eigenvalue weighted by Gasteiger charge is 2.38. The van der Waals surface area contributed by atoms with Crippen molar-refractivity contribution in [3.8, 4) is 0 Å². The zero-order chi connectivity index (χ0) is 10.3. The highest BCUT2D eigenvalue weighted by molar-refractivity contribution is 6.31. The number of ether oxygens (including phenoxy) is 1. The fourth-order valence-electron chi connectivity index (χ4n) is 2.39. The quantitative estimate of drug-likeness (QED) is 0.720. The topological polar surface area (TPSA) is 38.2 Å². The van der Waals surface area contributed by atoms with Crippen LogP contribution in [0.15, 0.2) is 12.4 Å². The van der Waals surface area contributed by atoms with Crippen LogP contribution in [0.1, 0.15) is 0 Å². The number of aromatic nitrogens is 2. The highest BCUT2D eigenvalue weighted by Crippen LogP contribution is 2.33. The minimum Gasteiger partial charge on any atom is -0.381 e. The second-order valence-corrected chi connectivity index (χ2v) is 4.49.